The van der Waals surface area contributed by atoms with E-state index < -0.39 is 10.6 Å². The minimum atomic E-state index is -3.11. The first-order chi connectivity index (χ1) is 7.45. The van der Waals surface area contributed by atoms with Crippen molar-refractivity contribution in [2.75, 3.05) is 11.1 Å². The number of carbonyl (C=O) groups is 1. The number of hydrogen-bond donors (Lipinski definition) is 1. The van der Waals surface area contributed by atoms with E-state index in [-0.39, 0.29) is 47.0 Å². The predicted molar refractivity (Wildman–Crippen MR) is 57.0 cm³/mol. The standard InChI is InChI=1S/C8H8FNOS.Na.O3S/c9-6-1-3-7(4-2-6)10-8(11)5-12;;1-4(2)3/h1-4,12H,5H2,(H,10,11);;/q;+1;/p-1. The first-order valence-corrected chi connectivity index (χ1v) is 5.43. The van der Waals surface area contributed by atoms with E-state index in [9.17, 15) is 9.18 Å². The Kier molecular flexibility index (Phi) is 12.0. The number of nitrogens with one attached hydrogen (secondary N) is 1. The molecule has 5 nitrogen and oxygen atoms in total. The van der Waals surface area contributed by atoms with Gasteiger partial charge in [-0.05, 0) is 24.3 Å². The van der Waals surface area contributed by atoms with Crippen LogP contribution in [0.2, 0.25) is 0 Å². The number of benzene rings is 1. The fourth-order valence-corrected chi connectivity index (χ4v) is 0.802. The summed E-state index contributed by atoms with van der Waals surface area (Å²) >= 11 is 4.51. The van der Waals surface area contributed by atoms with Crippen molar-refractivity contribution in [3.63, 3.8) is 0 Å². The molecule has 0 atom stereocenters. The molecule has 9 heteroatoms. The number of amides is 1. The smallest absolute Gasteiger partial charge is 0.783 e. The van der Waals surface area contributed by atoms with Gasteiger partial charge < -0.3 is 17.9 Å². The summed E-state index contributed by atoms with van der Waals surface area (Å²) in [6, 6.07) is 5.52. The molecular formula is C8H7FNNaO4S2. The van der Waals surface area contributed by atoms with Crippen molar-refractivity contribution < 1.29 is 51.4 Å². The molecule has 0 radical (unpaired) electrons. The minimum absolute atomic E-state index is 0. The Morgan fingerprint density at radius 3 is 2.00 bits per heavy atom. The summed E-state index contributed by atoms with van der Waals surface area (Å²) in [5.41, 5.74) is 0.561. The van der Waals surface area contributed by atoms with Crippen LogP contribution < -0.4 is 34.9 Å². The second-order valence-electron chi connectivity index (χ2n) is 2.40. The van der Waals surface area contributed by atoms with Crippen LogP contribution in [-0.4, -0.2) is 24.3 Å². The van der Waals surface area contributed by atoms with Crippen LogP contribution in [-0.2, 0) is 28.0 Å². The largest absolute Gasteiger partial charge is 1.00 e. The quantitative estimate of drug-likeness (QED) is 0.473. The van der Waals surface area contributed by atoms with Crippen molar-refractivity contribution in [1.82, 2.24) is 0 Å². The number of rotatable bonds is 2. The fraction of sp³-hybridized carbons (Fsp3) is 0.125. The molecule has 1 N–H and O–H groups in total. The minimum Gasteiger partial charge on any atom is -0.783 e. The molecule has 0 fully saturated rings. The van der Waals surface area contributed by atoms with Crippen molar-refractivity contribution in [3.8, 4) is 0 Å². The Hall–Kier alpha value is -0.410. The molecule has 0 saturated heterocycles. The molecule has 1 rings (SSSR count). The van der Waals surface area contributed by atoms with E-state index in [4.69, 9.17) is 12.6 Å². The molecule has 0 heterocycles. The molecule has 1 aromatic rings. The van der Waals surface area contributed by atoms with Gasteiger partial charge in [-0.1, -0.05) is 5.75 Å². The Labute approximate surface area is 127 Å². The van der Waals surface area contributed by atoms with Crippen LogP contribution in [0.3, 0.4) is 0 Å². The van der Waals surface area contributed by atoms with Crippen LogP contribution in [0.15, 0.2) is 24.3 Å². The van der Waals surface area contributed by atoms with E-state index in [0.717, 1.165) is 0 Å². The van der Waals surface area contributed by atoms with Gasteiger partial charge in [0.25, 0.3) is 0 Å². The average molecular weight is 287 g/mol. The molecule has 0 unspecified atom stereocenters. The zero-order chi connectivity index (χ0) is 12.6. The molecule has 0 saturated carbocycles. The summed E-state index contributed by atoms with van der Waals surface area (Å²) in [6.45, 7) is 0. The summed E-state index contributed by atoms with van der Waals surface area (Å²) in [7, 11) is -3.11. The van der Waals surface area contributed by atoms with Crippen molar-refractivity contribution in [2.24, 2.45) is 0 Å². The topological polar surface area (TPSA) is 80.3 Å². The van der Waals surface area contributed by atoms with Gasteiger partial charge in [-0.2, -0.15) is 0 Å². The second-order valence-corrected chi connectivity index (χ2v) is 3.10. The molecule has 0 aliphatic rings. The summed E-state index contributed by atoms with van der Waals surface area (Å²) in [5.74, 6) is -0.569. The van der Waals surface area contributed by atoms with Gasteiger partial charge in [0, 0.05) is 5.69 Å². The maximum absolute atomic E-state index is 12.4. The monoisotopic (exact) mass is 287 g/mol. The Balaban J connectivity index is 0. The summed E-state index contributed by atoms with van der Waals surface area (Å²) in [4.78, 5) is 10.8. The summed E-state index contributed by atoms with van der Waals surface area (Å²) in [5, 5.41) is 2.51. The molecule has 88 valence electrons. The van der Waals surface area contributed by atoms with Gasteiger partial charge in [0.15, 0.2) is 5.91 Å². The van der Waals surface area contributed by atoms with Gasteiger partial charge in [-0.15, -0.1) is 12.6 Å². The molecule has 1 aromatic carbocycles. The van der Waals surface area contributed by atoms with Crippen LogP contribution in [0.1, 0.15) is 0 Å². The average Bonchev–Trinajstić information content (AvgIpc) is 2.20. The van der Waals surface area contributed by atoms with Crippen molar-refractivity contribution in [1.29, 1.82) is 0 Å². The molecule has 0 aliphatic heterocycles. The molecule has 0 aromatic heterocycles. The summed E-state index contributed by atoms with van der Waals surface area (Å²) < 4.78 is 37.7. The Morgan fingerprint density at radius 2 is 1.65 bits per heavy atom. The normalized spacial score (nSPS) is 8.12. The summed E-state index contributed by atoms with van der Waals surface area (Å²) in [6.07, 6.45) is 0. The van der Waals surface area contributed by atoms with Crippen LogP contribution in [0, 0.1) is 5.82 Å². The SMILES string of the molecule is O=C(C[S-])Nc1ccc(F)cc1.O=S(=O)=O.[Na+]. The fourth-order valence-electron chi connectivity index (χ4n) is 0.730. The van der Waals surface area contributed by atoms with Gasteiger partial charge >= 0.3 is 40.2 Å². The zero-order valence-electron chi connectivity index (χ0n) is 8.84. The maximum atomic E-state index is 12.4. The molecule has 17 heavy (non-hydrogen) atoms. The van der Waals surface area contributed by atoms with Crippen molar-refractivity contribution in [3.05, 3.63) is 30.1 Å². The molecule has 0 aliphatic carbocycles. The first-order valence-electron chi connectivity index (χ1n) is 3.86. The maximum Gasteiger partial charge on any atom is 1.00 e. The molecule has 0 bridgehead atoms. The van der Waals surface area contributed by atoms with Gasteiger partial charge in [-0.3, -0.25) is 4.79 Å². The first kappa shape index (κ1) is 18.9. The van der Waals surface area contributed by atoms with Gasteiger partial charge in [0.2, 0.25) is 0 Å². The van der Waals surface area contributed by atoms with E-state index in [1.165, 1.54) is 24.3 Å². The van der Waals surface area contributed by atoms with E-state index in [0.29, 0.717) is 5.69 Å². The van der Waals surface area contributed by atoms with E-state index >= 15 is 0 Å². The van der Waals surface area contributed by atoms with Crippen molar-refractivity contribution in [2.45, 2.75) is 0 Å². The van der Waals surface area contributed by atoms with Crippen LogP contribution in [0.5, 0.6) is 0 Å². The van der Waals surface area contributed by atoms with Crippen molar-refractivity contribution >= 4 is 34.8 Å². The van der Waals surface area contributed by atoms with Crippen LogP contribution in [0.25, 0.3) is 0 Å². The Morgan fingerprint density at radius 1 is 1.24 bits per heavy atom. The van der Waals surface area contributed by atoms with Gasteiger partial charge in [0.05, 0.1) is 0 Å². The van der Waals surface area contributed by atoms with E-state index in [1.54, 1.807) is 0 Å². The van der Waals surface area contributed by atoms with Crippen LogP contribution in [0.4, 0.5) is 10.1 Å². The zero-order valence-corrected chi connectivity index (χ0v) is 12.5. The van der Waals surface area contributed by atoms with Gasteiger partial charge in [0.1, 0.15) is 5.82 Å². The number of hydrogen-bond acceptors (Lipinski definition) is 5. The third-order valence-electron chi connectivity index (χ3n) is 1.26. The Bertz CT molecular complexity index is 441. The molecule has 0 spiro atoms. The van der Waals surface area contributed by atoms with Gasteiger partial charge in [-0.25, -0.2) is 4.39 Å². The number of carbonyl (C=O) groups excluding carboxylic acids is 1. The van der Waals surface area contributed by atoms with E-state index in [1.807, 2.05) is 0 Å². The molecule has 1 amide bonds. The number of halogens is 1. The predicted octanol–water partition coefficient (Wildman–Crippen LogP) is -2.69. The second kappa shape index (κ2) is 10.7. The third-order valence-corrected chi connectivity index (χ3v) is 1.52. The molecular weight excluding hydrogens is 280 g/mol. The van der Waals surface area contributed by atoms with E-state index in [2.05, 4.69) is 17.9 Å². The van der Waals surface area contributed by atoms with Crippen LogP contribution >= 0.6 is 0 Å². The third kappa shape index (κ3) is 11.8. The number of anilines is 1.